The van der Waals surface area contributed by atoms with Gasteiger partial charge in [0.15, 0.2) is 0 Å². The molecule has 0 bridgehead atoms. The Labute approximate surface area is 181 Å². The highest BCUT2D eigenvalue weighted by Crippen LogP contribution is 2.34. The molecule has 0 radical (unpaired) electrons. The SMILES string of the molecule is O=C(Nc1ccc(F)cc1)c1nnc([C@H]2CCCN2C(=O)CSc2ccccc2)s1. The minimum atomic E-state index is -0.402. The van der Waals surface area contributed by atoms with Gasteiger partial charge in [0.25, 0.3) is 5.91 Å². The van der Waals surface area contributed by atoms with Gasteiger partial charge in [-0.25, -0.2) is 4.39 Å². The molecule has 3 aromatic rings. The van der Waals surface area contributed by atoms with E-state index in [-0.39, 0.29) is 22.8 Å². The average Bonchev–Trinajstić information content (AvgIpc) is 3.44. The molecule has 9 heteroatoms. The lowest BCUT2D eigenvalue weighted by Gasteiger charge is -2.22. The normalized spacial score (nSPS) is 15.9. The molecule has 1 atom stereocenters. The molecule has 4 rings (SSSR count). The van der Waals surface area contributed by atoms with Gasteiger partial charge in [0.1, 0.15) is 10.8 Å². The molecule has 1 saturated heterocycles. The summed E-state index contributed by atoms with van der Waals surface area (Å²) in [6.45, 7) is 0.676. The third-order valence-corrected chi connectivity index (χ3v) is 6.72. The molecule has 0 unspecified atom stereocenters. The van der Waals surface area contributed by atoms with Crippen LogP contribution in [0.4, 0.5) is 10.1 Å². The summed E-state index contributed by atoms with van der Waals surface area (Å²) >= 11 is 2.70. The lowest BCUT2D eigenvalue weighted by molar-refractivity contribution is -0.129. The van der Waals surface area contributed by atoms with Crippen molar-refractivity contribution in [1.82, 2.24) is 15.1 Å². The van der Waals surface area contributed by atoms with Gasteiger partial charge in [0, 0.05) is 17.1 Å². The lowest BCUT2D eigenvalue weighted by atomic mass is 10.2. The number of aromatic nitrogens is 2. The molecule has 1 aromatic heterocycles. The number of thioether (sulfide) groups is 1. The van der Waals surface area contributed by atoms with Crippen molar-refractivity contribution in [3.8, 4) is 0 Å². The molecule has 1 N–H and O–H groups in total. The predicted octanol–water partition coefficient (Wildman–Crippen LogP) is 4.39. The van der Waals surface area contributed by atoms with E-state index >= 15 is 0 Å². The van der Waals surface area contributed by atoms with Gasteiger partial charge < -0.3 is 10.2 Å². The van der Waals surface area contributed by atoms with Gasteiger partial charge >= 0.3 is 0 Å². The van der Waals surface area contributed by atoms with Crippen LogP contribution in [0.25, 0.3) is 0 Å². The second-order valence-corrected chi connectivity index (χ2v) is 8.81. The molecular weight excluding hydrogens is 423 g/mol. The monoisotopic (exact) mass is 442 g/mol. The number of nitrogens with zero attached hydrogens (tertiary/aromatic N) is 3. The standard InChI is InChI=1S/C21H19FN4O2S2/c22-14-8-10-15(11-9-14)23-19(28)21-25-24-20(30-21)17-7-4-12-26(17)18(27)13-29-16-5-2-1-3-6-16/h1-3,5-6,8-11,17H,4,7,12-13H2,(H,23,28)/t17-/m1/s1. The number of anilines is 1. The fourth-order valence-electron chi connectivity index (χ4n) is 3.25. The van der Waals surface area contributed by atoms with Crippen LogP contribution < -0.4 is 5.32 Å². The quantitative estimate of drug-likeness (QED) is 0.573. The van der Waals surface area contributed by atoms with Crippen molar-refractivity contribution in [2.45, 2.75) is 23.8 Å². The number of hydrogen-bond acceptors (Lipinski definition) is 6. The van der Waals surface area contributed by atoms with Crippen LogP contribution in [-0.2, 0) is 4.79 Å². The first-order chi connectivity index (χ1) is 14.6. The van der Waals surface area contributed by atoms with E-state index in [1.165, 1.54) is 47.4 Å². The van der Waals surface area contributed by atoms with E-state index < -0.39 is 5.91 Å². The van der Waals surface area contributed by atoms with E-state index in [1.54, 1.807) is 0 Å². The summed E-state index contributed by atoms with van der Waals surface area (Å²) in [7, 11) is 0. The zero-order valence-corrected chi connectivity index (χ0v) is 17.6. The molecule has 6 nitrogen and oxygen atoms in total. The van der Waals surface area contributed by atoms with Gasteiger partial charge in [-0.3, -0.25) is 9.59 Å². The predicted molar refractivity (Wildman–Crippen MR) is 115 cm³/mol. The Morgan fingerprint density at radius 3 is 2.67 bits per heavy atom. The van der Waals surface area contributed by atoms with Crippen LogP contribution in [0.2, 0.25) is 0 Å². The van der Waals surface area contributed by atoms with Gasteiger partial charge in [-0.2, -0.15) is 0 Å². The van der Waals surface area contributed by atoms with E-state index in [2.05, 4.69) is 15.5 Å². The average molecular weight is 443 g/mol. The molecule has 2 heterocycles. The molecule has 1 aliphatic heterocycles. The van der Waals surface area contributed by atoms with E-state index in [0.717, 1.165) is 17.7 Å². The van der Waals surface area contributed by atoms with Crippen LogP contribution in [-0.4, -0.2) is 39.2 Å². The highest BCUT2D eigenvalue weighted by atomic mass is 32.2. The highest BCUT2D eigenvalue weighted by molar-refractivity contribution is 8.00. The Morgan fingerprint density at radius 1 is 1.13 bits per heavy atom. The Kier molecular flexibility index (Phi) is 6.39. The molecule has 2 amide bonds. The summed E-state index contributed by atoms with van der Waals surface area (Å²) in [5.41, 5.74) is 0.480. The molecule has 0 spiro atoms. The summed E-state index contributed by atoms with van der Waals surface area (Å²) in [5, 5.41) is 11.7. The van der Waals surface area contributed by atoms with Crippen molar-refractivity contribution in [3.63, 3.8) is 0 Å². The number of amides is 2. The van der Waals surface area contributed by atoms with E-state index in [9.17, 15) is 14.0 Å². The number of nitrogens with one attached hydrogen (secondary N) is 1. The van der Waals surface area contributed by atoms with Crippen LogP contribution in [0.1, 0.15) is 33.7 Å². The Bertz CT molecular complexity index is 1030. The lowest BCUT2D eigenvalue weighted by Crippen LogP contribution is -2.31. The maximum absolute atomic E-state index is 13.0. The van der Waals surface area contributed by atoms with Crippen molar-refractivity contribution in [1.29, 1.82) is 0 Å². The minimum Gasteiger partial charge on any atom is -0.332 e. The van der Waals surface area contributed by atoms with E-state index in [0.29, 0.717) is 23.0 Å². The molecule has 30 heavy (non-hydrogen) atoms. The maximum atomic E-state index is 13.0. The second-order valence-electron chi connectivity index (χ2n) is 6.75. The van der Waals surface area contributed by atoms with Gasteiger partial charge in [-0.1, -0.05) is 29.5 Å². The summed E-state index contributed by atoms with van der Waals surface area (Å²) in [6.07, 6.45) is 1.69. The number of rotatable bonds is 6. The first-order valence-corrected chi connectivity index (χ1v) is 11.3. The smallest absolute Gasteiger partial charge is 0.286 e. The van der Waals surface area contributed by atoms with Crippen LogP contribution in [0.5, 0.6) is 0 Å². The molecular formula is C21H19FN4O2S2. The molecule has 0 aliphatic carbocycles. The van der Waals surface area contributed by atoms with Gasteiger partial charge in [-0.05, 0) is 49.2 Å². The third-order valence-electron chi connectivity index (χ3n) is 4.70. The zero-order chi connectivity index (χ0) is 20.9. The van der Waals surface area contributed by atoms with Crippen LogP contribution in [0, 0.1) is 5.82 Å². The fraction of sp³-hybridized carbons (Fsp3) is 0.238. The summed E-state index contributed by atoms with van der Waals surface area (Å²) < 4.78 is 13.0. The second kappa shape index (κ2) is 9.36. The molecule has 154 valence electrons. The molecule has 2 aromatic carbocycles. The topological polar surface area (TPSA) is 75.2 Å². The first kappa shape index (κ1) is 20.5. The Morgan fingerprint density at radius 2 is 1.90 bits per heavy atom. The summed E-state index contributed by atoms with van der Waals surface area (Å²) in [6, 6.07) is 15.2. The molecule has 1 aliphatic rings. The number of likely N-dealkylation sites (tertiary alicyclic amines) is 1. The third kappa shape index (κ3) is 4.85. The van der Waals surface area contributed by atoms with Gasteiger partial charge in [0.2, 0.25) is 10.9 Å². The van der Waals surface area contributed by atoms with Crippen LogP contribution >= 0.6 is 23.1 Å². The van der Waals surface area contributed by atoms with Crippen molar-refractivity contribution >= 4 is 40.6 Å². The van der Waals surface area contributed by atoms with Crippen molar-refractivity contribution in [3.05, 3.63) is 70.4 Å². The van der Waals surface area contributed by atoms with Crippen LogP contribution in [0.15, 0.2) is 59.5 Å². The van der Waals surface area contributed by atoms with Crippen molar-refractivity contribution in [2.75, 3.05) is 17.6 Å². The van der Waals surface area contributed by atoms with Gasteiger partial charge in [0.05, 0.1) is 11.8 Å². The summed E-state index contributed by atoms with van der Waals surface area (Å²) in [5.74, 6) is -0.362. The minimum absolute atomic E-state index is 0.0545. The van der Waals surface area contributed by atoms with E-state index in [4.69, 9.17) is 0 Å². The number of halogens is 1. The summed E-state index contributed by atoms with van der Waals surface area (Å²) in [4.78, 5) is 28.1. The number of hydrogen-bond donors (Lipinski definition) is 1. The maximum Gasteiger partial charge on any atom is 0.286 e. The highest BCUT2D eigenvalue weighted by Gasteiger charge is 2.33. The Hall–Kier alpha value is -2.78. The largest absolute Gasteiger partial charge is 0.332 e. The first-order valence-electron chi connectivity index (χ1n) is 9.48. The van der Waals surface area contributed by atoms with Gasteiger partial charge in [-0.15, -0.1) is 22.0 Å². The zero-order valence-electron chi connectivity index (χ0n) is 16.0. The number of carbonyl (C=O) groups is 2. The Balaban J connectivity index is 1.39. The number of carbonyl (C=O) groups excluding carboxylic acids is 2. The van der Waals surface area contributed by atoms with Crippen LogP contribution in [0.3, 0.4) is 0 Å². The van der Waals surface area contributed by atoms with E-state index in [1.807, 2.05) is 35.2 Å². The fourth-order valence-corrected chi connectivity index (χ4v) is 4.94. The molecule has 0 saturated carbocycles. The van der Waals surface area contributed by atoms with Crippen molar-refractivity contribution in [2.24, 2.45) is 0 Å². The molecule has 1 fully saturated rings. The van der Waals surface area contributed by atoms with Crippen molar-refractivity contribution < 1.29 is 14.0 Å². The number of benzene rings is 2.